The number of nitriles is 1. The van der Waals surface area contributed by atoms with Crippen LogP contribution in [0, 0.1) is 11.3 Å². The summed E-state index contributed by atoms with van der Waals surface area (Å²) in [6, 6.07) is 4.82. The normalized spacial score (nSPS) is 15.7. The van der Waals surface area contributed by atoms with Crippen LogP contribution in [-0.2, 0) is 13.6 Å². The van der Waals surface area contributed by atoms with E-state index in [1.54, 1.807) is 0 Å². The van der Waals surface area contributed by atoms with Gasteiger partial charge in [0.05, 0.1) is 0 Å². The minimum atomic E-state index is 0.728. The molecule has 2 rings (SSSR count). The highest BCUT2D eigenvalue weighted by atomic mass is 15.0. The molecule has 13 heavy (non-hydrogen) atoms. The molecule has 1 heterocycles. The average Bonchev–Trinajstić information content (AvgIpc) is 2.87. The molecule has 0 atom stereocenters. The molecule has 1 aromatic heterocycles. The van der Waals surface area contributed by atoms with E-state index in [1.165, 1.54) is 18.4 Å². The highest BCUT2D eigenvalue weighted by molar-refractivity contribution is 5.28. The highest BCUT2D eigenvalue weighted by Crippen LogP contribution is 2.19. The lowest BCUT2D eigenvalue weighted by Crippen LogP contribution is -2.14. The van der Waals surface area contributed by atoms with Crippen molar-refractivity contribution in [2.24, 2.45) is 7.05 Å². The van der Waals surface area contributed by atoms with Crippen LogP contribution in [0.5, 0.6) is 0 Å². The van der Waals surface area contributed by atoms with Gasteiger partial charge in [0.15, 0.2) is 0 Å². The third-order valence-electron chi connectivity index (χ3n) is 2.35. The van der Waals surface area contributed by atoms with Crippen LogP contribution in [0.25, 0.3) is 0 Å². The topological polar surface area (TPSA) is 40.8 Å². The lowest BCUT2D eigenvalue weighted by molar-refractivity contribution is 0.686. The molecule has 1 saturated carbocycles. The van der Waals surface area contributed by atoms with Crippen molar-refractivity contribution in [3.05, 3.63) is 23.5 Å². The lowest BCUT2D eigenvalue weighted by atomic mass is 10.3. The number of nitrogens with zero attached hydrogens (tertiary/aromatic N) is 2. The van der Waals surface area contributed by atoms with E-state index in [1.807, 2.05) is 23.9 Å². The minimum absolute atomic E-state index is 0.728. The van der Waals surface area contributed by atoms with Crippen LogP contribution in [0.2, 0.25) is 0 Å². The molecule has 1 aliphatic rings. The van der Waals surface area contributed by atoms with Crippen molar-refractivity contribution in [3.63, 3.8) is 0 Å². The molecule has 1 fully saturated rings. The Kier molecular flexibility index (Phi) is 2.07. The molecular formula is C10H13N3. The van der Waals surface area contributed by atoms with Gasteiger partial charge in [-0.15, -0.1) is 0 Å². The Balaban J connectivity index is 1.99. The smallest absolute Gasteiger partial charge is 0.120 e. The van der Waals surface area contributed by atoms with Crippen molar-refractivity contribution in [1.29, 1.82) is 5.26 Å². The molecule has 0 radical (unpaired) electrons. The fourth-order valence-electron chi connectivity index (χ4n) is 1.39. The summed E-state index contributed by atoms with van der Waals surface area (Å²) in [6.45, 7) is 0.889. The van der Waals surface area contributed by atoms with Crippen molar-refractivity contribution in [3.8, 4) is 6.07 Å². The van der Waals surface area contributed by atoms with Crippen LogP contribution < -0.4 is 5.32 Å². The molecule has 1 aliphatic carbocycles. The SMILES string of the molecule is Cn1cc(CNC2CC2)cc1C#N. The lowest BCUT2D eigenvalue weighted by Gasteiger charge is -1.97. The van der Waals surface area contributed by atoms with Gasteiger partial charge in [-0.05, 0) is 24.5 Å². The van der Waals surface area contributed by atoms with E-state index in [4.69, 9.17) is 5.26 Å². The molecule has 0 saturated heterocycles. The van der Waals surface area contributed by atoms with E-state index in [2.05, 4.69) is 11.4 Å². The van der Waals surface area contributed by atoms with Gasteiger partial charge in [0.25, 0.3) is 0 Å². The van der Waals surface area contributed by atoms with Crippen LogP contribution in [0.1, 0.15) is 24.1 Å². The molecular weight excluding hydrogens is 162 g/mol. The van der Waals surface area contributed by atoms with Crippen molar-refractivity contribution in [2.75, 3.05) is 0 Å². The Hall–Kier alpha value is -1.27. The molecule has 0 bridgehead atoms. The van der Waals surface area contributed by atoms with Gasteiger partial charge in [-0.1, -0.05) is 0 Å². The molecule has 1 aromatic rings. The monoisotopic (exact) mass is 175 g/mol. The molecule has 0 amide bonds. The summed E-state index contributed by atoms with van der Waals surface area (Å²) < 4.78 is 1.86. The van der Waals surface area contributed by atoms with E-state index in [-0.39, 0.29) is 0 Å². The Labute approximate surface area is 78.0 Å². The molecule has 3 heteroatoms. The average molecular weight is 175 g/mol. The summed E-state index contributed by atoms with van der Waals surface area (Å²) >= 11 is 0. The van der Waals surface area contributed by atoms with Gasteiger partial charge >= 0.3 is 0 Å². The van der Waals surface area contributed by atoms with Crippen LogP contribution in [-0.4, -0.2) is 10.6 Å². The standard InChI is InChI=1S/C10H13N3/c1-13-7-8(4-10(13)5-11)6-12-9-2-3-9/h4,7,9,12H,2-3,6H2,1H3. The fourth-order valence-corrected chi connectivity index (χ4v) is 1.39. The predicted molar refractivity (Wildman–Crippen MR) is 50.0 cm³/mol. The summed E-state index contributed by atoms with van der Waals surface area (Å²) in [4.78, 5) is 0. The van der Waals surface area contributed by atoms with Crippen LogP contribution in [0.15, 0.2) is 12.3 Å². The molecule has 0 aromatic carbocycles. The maximum atomic E-state index is 8.73. The first-order valence-electron chi connectivity index (χ1n) is 4.58. The second kappa shape index (κ2) is 3.23. The van der Waals surface area contributed by atoms with Crippen LogP contribution >= 0.6 is 0 Å². The van der Waals surface area contributed by atoms with Crippen LogP contribution in [0.4, 0.5) is 0 Å². The summed E-state index contributed by atoms with van der Waals surface area (Å²) in [5.41, 5.74) is 1.93. The molecule has 3 nitrogen and oxygen atoms in total. The third kappa shape index (κ3) is 1.90. The maximum Gasteiger partial charge on any atom is 0.120 e. The van der Waals surface area contributed by atoms with E-state index in [9.17, 15) is 0 Å². The van der Waals surface area contributed by atoms with E-state index >= 15 is 0 Å². The predicted octanol–water partition coefficient (Wildman–Crippen LogP) is 1.15. The van der Waals surface area contributed by atoms with Crippen LogP contribution in [0.3, 0.4) is 0 Å². The van der Waals surface area contributed by atoms with E-state index < -0.39 is 0 Å². The molecule has 1 N–H and O–H groups in total. The van der Waals surface area contributed by atoms with Gasteiger partial charge in [-0.2, -0.15) is 5.26 Å². The minimum Gasteiger partial charge on any atom is -0.342 e. The summed E-state index contributed by atoms with van der Waals surface area (Å²) in [5, 5.41) is 12.1. The largest absolute Gasteiger partial charge is 0.342 e. The van der Waals surface area contributed by atoms with Gasteiger partial charge < -0.3 is 9.88 Å². The van der Waals surface area contributed by atoms with E-state index in [0.29, 0.717) is 0 Å². The first-order valence-corrected chi connectivity index (χ1v) is 4.58. The Morgan fingerprint density at radius 1 is 1.69 bits per heavy atom. The molecule has 68 valence electrons. The van der Waals surface area contributed by atoms with Gasteiger partial charge in [0, 0.05) is 25.8 Å². The maximum absolute atomic E-state index is 8.73. The van der Waals surface area contributed by atoms with Gasteiger partial charge in [-0.25, -0.2) is 0 Å². The quantitative estimate of drug-likeness (QED) is 0.748. The van der Waals surface area contributed by atoms with Crippen molar-refractivity contribution < 1.29 is 0 Å². The number of hydrogen-bond donors (Lipinski definition) is 1. The van der Waals surface area contributed by atoms with Gasteiger partial charge in [0.1, 0.15) is 11.8 Å². The zero-order chi connectivity index (χ0) is 9.26. The fraction of sp³-hybridized carbons (Fsp3) is 0.500. The molecule has 0 unspecified atom stereocenters. The second-order valence-corrected chi connectivity index (χ2v) is 3.61. The van der Waals surface area contributed by atoms with E-state index in [0.717, 1.165) is 18.3 Å². The first-order chi connectivity index (χ1) is 6.29. The number of rotatable bonds is 3. The second-order valence-electron chi connectivity index (χ2n) is 3.61. The Morgan fingerprint density at radius 2 is 2.46 bits per heavy atom. The number of aromatic nitrogens is 1. The zero-order valence-electron chi connectivity index (χ0n) is 7.75. The Bertz CT molecular complexity index is 342. The summed E-state index contributed by atoms with van der Waals surface area (Å²) in [7, 11) is 1.90. The van der Waals surface area contributed by atoms with Gasteiger partial charge in [0.2, 0.25) is 0 Å². The number of nitrogens with one attached hydrogen (secondary N) is 1. The van der Waals surface area contributed by atoms with Crippen molar-refractivity contribution in [1.82, 2.24) is 9.88 Å². The third-order valence-corrected chi connectivity index (χ3v) is 2.35. The summed E-state index contributed by atoms with van der Waals surface area (Å²) in [6.07, 6.45) is 4.61. The molecule has 0 aliphatic heterocycles. The van der Waals surface area contributed by atoms with Gasteiger partial charge in [-0.3, -0.25) is 0 Å². The first kappa shape index (κ1) is 8.33. The zero-order valence-corrected chi connectivity index (χ0v) is 7.75. The summed E-state index contributed by atoms with van der Waals surface area (Å²) in [5.74, 6) is 0. The Morgan fingerprint density at radius 3 is 3.00 bits per heavy atom. The van der Waals surface area contributed by atoms with Crippen molar-refractivity contribution >= 4 is 0 Å². The number of aryl methyl sites for hydroxylation is 1. The highest BCUT2D eigenvalue weighted by Gasteiger charge is 2.20. The van der Waals surface area contributed by atoms with Crippen molar-refractivity contribution in [2.45, 2.75) is 25.4 Å². The molecule has 0 spiro atoms. The number of hydrogen-bond acceptors (Lipinski definition) is 2.